The number of ether oxygens (including phenoxy) is 3. The van der Waals surface area contributed by atoms with Gasteiger partial charge in [-0.3, -0.25) is 0 Å². The Hall–Kier alpha value is -2.05. The number of cyclic esters (lactones) is 1. The van der Waals surface area contributed by atoms with E-state index in [2.05, 4.69) is 20.8 Å². The zero-order chi connectivity index (χ0) is 20.3. The molecule has 1 aromatic rings. The largest absolute Gasteiger partial charge is 0.508 e. The van der Waals surface area contributed by atoms with E-state index in [1.54, 1.807) is 6.08 Å². The van der Waals surface area contributed by atoms with Crippen molar-refractivity contribution in [1.82, 2.24) is 0 Å². The van der Waals surface area contributed by atoms with Crippen molar-refractivity contribution in [2.45, 2.75) is 63.9 Å². The number of phenolic OH excluding ortho intramolecular Hbond substituents is 2. The number of fused-ring (bicyclic) bond motifs is 2. The van der Waals surface area contributed by atoms with Crippen molar-refractivity contribution in [2.24, 2.45) is 11.3 Å². The highest BCUT2D eigenvalue weighted by molar-refractivity contribution is 5.91. The lowest BCUT2D eigenvalue weighted by atomic mass is 9.62. The summed E-state index contributed by atoms with van der Waals surface area (Å²) in [5, 5.41) is 20.0. The maximum absolute atomic E-state index is 12.6. The van der Waals surface area contributed by atoms with Gasteiger partial charge in [0, 0.05) is 18.8 Å². The van der Waals surface area contributed by atoms with Gasteiger partial charge in [0.25, 0.3) is 5.79 Å². The van der Waals surface area contributed by atoms with Crippen LogP contribution in [0.25, 0.3) is 0 Å². The SMILES string of the molecule is COC1(c2cc(O)ccc2O)C=C(CC[C@@H]2C(C)(C)[C@@H]3CC[C@]2(C)O3)C(=O)O1. The van der Waals surface area contributed by atoms with Crippen LogP contribution >= 0.6 is 0 Å². The monoisotopic (exact) mass is 388 g/mol. The Morgan fingerprint density at radius 2 is 2.00 bits per heavy atom. The van der Waals surface area contributed by atoms with E-state index in [4.69, 9.17) is 14.2 Å². The Bertz CT molecular complexity index is 839. The molecular weight excluding hydrogens is 360 g/mol. The number of hydrogen-bond donors (Lipinski definition) is 2. The normalized spacial score (nSPS) is 35.9. The molecule has 1 unspecified atom stereocenters. The van der Waals surface area contributed by atoms with Gasteiger partial charge in [0.1, 0.15) is 11.5 Å². The number of carbonyl (C=O) groups is 1. The van der Waals surface area contributed by atoms with Crippen LogP contribution in [0.2, 0.25) is 0 Å². The molecule has 0 saturated carbocycles. The second-order valence-corrected chi connectivity index (χ2v) is 9.00. The molecular formula is C22H28O6. The number of aromatic hydroxyl groups is 2. The minimum atomic E-state index is -1.53. The van der Waals surface area contributed by atoms with Gasteiger partial charge < -0.3 is 24.4 Å². The van der Waals surface area contributed by atoms with Crippen LogP contribution in [0.1, 0.15) is 52.0 Å². The van der Waals surface area contributed by atoms with E-state index in [0.717, 1.165) is 19.3 Å². The predicted octanol–water partition coefficient (Wildman–Crippen LogP) is 3.75. The first kappa shape index (κ1) is 19.3. The van der Waals surface area contributed by atoms with Crippen LogP contribution in [-0.4, -0.2) is 35.0 Å². The summed E-state index contributed by atoms with van der Waals surface area (Å²) in [6.45, 7) is 6.68. The standard InChI is InChI=1S/C22H28O6/c1-20(2)17(21(3)10-9-18(20)27-21)8-5-13-12-22(26-4,28-19(13)25)15-11-14(23)6-7-16(15)24/h6-7,11-12,17-18,23-24H,5,8-10H2,1-4H3/t17-,18+,21+,22?/m1/s1. The highest BCUT2D eigenvalue weighted by Gasteiger charge is 2.60. The van der Waals surface area contributed by atoms with E-state index in [1.807, 2.05) is 0 Å². The lowest BCUT2D eigenvalue weighted by Gasteiger charge is -2.39. The molecule has 0 aromatic heterocycles. The van der Waals surface area contributed by atoms with E-state index >= 15 is 0 Å². The number of carbonyl (C=O) groups excluding carboxylic acids is 1. The summed E-state index contributed by atoms with van der Waals surface area (Å²) in [5.74, 6) is -1.80. The van der Waals surface area contributed by atoms with Crippen LogP contribution in [0.3, 0.4) is 0 Å². The average molecular weight is 388 g/mol. The van der Waals surface area contributed by atoms with E-state index in [1.165, 1.54) is 25.3 Å². The third kappa shape index (κ3) is 2.73. The highest BCUT2D eigenvalue weighted by Crippen LogP contribution is 2.59. The van der Waals surface area contributed by atoms with Crippen LogP contribution in [-0.2, 0) is 24.8 Å². The van der Waals surface area contributed by atoms with Crippen LogP contribution in [0, 0.1) is 11.3 Å². The summed E-state index contributed by atoms with van der Waals surface area (Å²) < 4.78 is 17.3. The molecule has 152 valence electrons. The topological polar surface area (TPSA) is 85.2 Å². The van der Waals surface area contributed by atoms with Gasteiger partial charge in [-0.1, -0.05) is 13.8 Å². The smallest absolute Gasteiger partial charge is 0.336 e. The third-order valence-electron chi connectivity index (χ3n) is 7.01. The molecule has 4 atom stereocenters. The molecule has 2 bridgehead atoms. The Balaban J connectivity index is 1.59. The molecule has 3 heterocycles. The molecule has 28 heavy (non-hydrogen) atoms. The van der Waals surface area contributed by atoms with Crippen LogP contribution < -0.4 is 0 Å². The van der Waals surface area contributed by atoms with E-state index < -0.39 is 11.8 Å². The van der Waals surface area contributed by atoms with E-state index in [-0.39, 0.29) is 34.2 Å². The molecule has 2 fully saturated rings. The Kier molecular flexibility index (Phi) is 4.28. The summed E-state index contributed by atoms with van der Waals surface area (Å²) in [6.07, 6.45) is 5.39. The summed E-state index contributed by atoms with van der Waals surface area (Å²) >= 11 is 0. The molecule has 0 aliphatic carbocycles. The van der Waals surface area contributed by atoms with Crippen molar-refractivity contribution < 1.29 is 29.2 Å². The summed E-state index contributed by atoms with van der Waals surface area (Å²) in [7, 11) is 1.41. The number of rotatable bonds is 5. The van der Waals surface area contributed by atoms with Gasteiger partial charge in [-0.15, -0.1) is 0 Å². The molecule has 1 aromatic carbocycles. The number of esters is 1. The van der Waals surface area contributed by atoms with E-state index in [0.29, 0.717) is 17.9 Å². The first-order valence-electron chi connectivity index (χ1n) is 9.82. The van der Waals surface area contributed by atoms with Crippen molar-refractivity contribution in [3.8, 4) is 11.5 Å². The third-order valence-corrected chi connectivity index (χ3v) is 7.01. The summed E-state index contributed by atoms with van der Waals surface area (Å²) in [5.41, 5.74) is 0.650. The maximum atomic E-state index is 12.6. The van der Waals surface area contributed by atoms with Crippen molar-refractivity contribution in [3.63, 3.8) is 0 Å². The fourth-order valence-corrected chi connectivity index (χ4v) is 5.47. The van der Waals surface area contributed by atoms with Gasteiger partial charge in [-0.05, 0) is 62.1 Å². The van der Waals surface area contributed by atoms with Gasteiger partial charge in [0.2, 0.25) is 0 Å². The zero-order valence-corrected chi connectivity index (χ0v) is 16.8. The fourth-order valence-electron chi connectivity index (χ4n) is 5.47. The number of methoxy groups -OCH3 is 1. The molecule has 2 N–H and O–H groups in total. The van der Waals surface area contributed by atoms with Crippen molar-refractivity contribution in [3.05, 3.63) is 35.4 Å². The maximum Gasteiger partial charge on any atom is 0.336 e. The van der Waals surface area contributed by atoms with Crippen LogP contribution in [0.15, 0.2) is 29.8 Å². The van der Waals surface area contributed by atoms with Gasteiger partial charge in [0.05, 0.1) is 17.3 Å². The average Bonchev–Trinajstić information content (AvgIpc) is 3.24. The molecule has 0 amide bonds. The molecule has 3 aliphatic rings. The number of phenols is 2. The fraction of sp³-hybridized carbons (Fsp3) is 0.591. The summed E-state index contributed by atoms with van der Waals surface area (Å²) in [6, 6.07) is 4.06. The second-order valence-electron chi connectivity index (χ2n) is 9.00. The molecule has 2 saturated heterocycles. The Morgan fingerprint density at radius 3 is 2.64 bits per heavy atom. The van der Waals surface area contributed by atoms with Crippen molar-refractivity contribution in [1.29, 1.82) is 0 Å². The Morgan fingerprint density at radius 1 is 1.25 bits per heavy atom. The van der Waals surface area contributed by atoms with Crippen molar-refractivity contribution in [2.75, 3.05) is 7.11 Å². The molecule has 6 nitrogen and oxygen atoms in total. The predicted molar refractivity (Wildman–Crippen MR) is 102 cm³/mol. The minimum absolute atomic E-state index is 0.0454. The first-order chi connectivity index (χ1) is 13.1. The number of hydrogen-bond acceptors (Lipinski definition) is 6. The Labute approximate surface area is 165 Å². The molecule has 6 heteroatoms. The lowest BCUT2D eigenvalue weighted by Crippen LogP contribution is -2.40. The molecule has 4 rings (SSSR count). The summed E-state index contributed by atoms with van der Waals surface area (Å²) in [4.78, 5) is 12.6. The first-order valence-corrected chi connectivity index (χ1v) is 9.82. The van der Waals surface area contributed by atoms with Crippen molar-refractivity contribution >= 4 is 5.97 Å². The highest BCUT2D eigenvalue weighted by atomic mass is 16.7. The minimum Gasteiger partial charge on any atom is -0.508 e. The zero-order valence-electron chi connectivity index (χ0n) is 16.8. The van der Waals surface area contributed by atoms with Crippen LogP contribution in [0.4, 0.5) is 0 Å². The van der Waals surface area contributed by atoms with Gasteiger partial charge >= 0.3 is 5.97 Å². The lowest BCUT2D eigenvalue weighted by molar-refractivity contribution is -0.193. The van der Waals surface area contributed by atoms with Gasteiger partial charge in [-0.25, -0.2) is 4.79 Å². The van der Waals surface area contributed by atoms with E-state index in [9.17, 15) is 15.0 Å². The van der Waals surface area contributed by atoms with Crippen LogP contribution in [0.5, 0.6) is 11.5 Å². The van der Waals surface area contributed by atoms with Gasteiger partial charge in [-0.2, -0.15) is 0 Å². The molecule has 3 aliphatic heterocycles. The number of benzene rings is 1. The second kappa shape index (κ2) is 6.22. The quantitative estimate of drug-likeness (QED) is 0.590. The van der Waals surface area contributed by atoms with Gasteiger partial charge in [0.15, 0.2) is 0 Å². The molecule has 0 radical (unpaired) electrons. The molecule has 0 spiro atoms.